The zero-order valence-corrected chi connectivity index (χ0v) is 14.5. The van der Waals surface area contributed by atoms with Crippen LogP contribution in [0.1, 0.15) is 35.5 Å². The van der Waals surface area contributed by atoms with Crippen LogP contribution in [0.2, 0.25) is 0 Å². The summed E-state index contributed by atoms with van der Waals surface area (Å²) in [7, 11) is 0. The third kappa shape index (κ3) is 2.77. The second-order valence-electron chi connectivity index (χ2n) is 6.60. The number of aromatic amines is 1. The number of rotatable bonds is 4. The number of aliphatic carboxylic acids is 1. The maximum absolute atomic E-state index is 12.7. The summed E-state index contributed by atoms with van der Waals surface area (Å²) in [6.07, 6.45) is 2.95. The van der Waals surface area contributed by atoms with Crippen molar-refractivity contribution in [2.45, 2.75) is 33.2 Å². The Balaban J connectivity index is 1.90. The highest BCUT2D eigenvalue weighted by atomic mass is 16.4. The van der Waals surface area contributed by atoms with E-state index >= 15 is 0 Å². The van der Waals surface area contributed by atoms with Crippen LogP contribution < -0.4 is 5.32 Å². The number of aromatic nitrogens is 3. The van der Waals surface area contributed by atoms with Crippen LogP contribution >= 0.6 is 0 Å². The van der Waals surface area contributed by atoms with Crippen LogP contribution in [0.15, 0.2) is 30.6 Å². The molecule has 0 bridgehead atoms. The fraction of sp³-hybridized carbons (Fsp3) is 0.278. The molecule has 0 saturated carbocycles. The predicted octanol–water partition coefficient (Wildman–Crippen LogP) is 3.05. The molecule has 0 saturated heterocycles. The Morgan fingerprint density at radius 1 is 1.28 bits per heavy atom. The van der Waals surface area contributed by atoms with Crippen molar-refractivity contribution in [3.63, 3.8) is 0 Å². The lowest BCUT2D eigenvalue weighted by Crippen LogP contribution is -2.35. The van der Waals surface area contributed by atoms with Gasteiger partial charge in [0.2, 0.25) is 0 Å². The molecular weight excluding hydrogens is 320 g/mol. The van der Waals surface area contributed by atoms with Gasteiger partial charge in [0, 0.05) is 17.3 Å². The minimum absolute atomic E-state index is 0.278. The van der Waals surface area contributed by atoms with Gasteiger partial charge in [0.1, 0.15) is 0 Å². The summed E-state index contributed by atoms with van der Waals surface area (Å²) < 4.78 is 1.31. The Labute approximate surface area is 144 Å². The first-order valence-corrected chi connectivity index (χ1v) is 7.89. The molecular formula is C18H20N4O3. The summed E-state index contributed by atoms with van der Waals surface area (Å²) in [6.45, 7) is 7.06. The van der Waals surface area contributed by atoms with E-state index in [1.54, 1.807) is 19.9 Å². The van der Waals surface area contributed by atoms with E-state index in [0.717, 1.165) is 22.2 Å². The SMILES string of the molecule is Cc1[nH]c2c(C(=O)Nc3cnn(C(C)(C)C(=O)O)c3)cccc2c1C. The zero-order chi connectivity index (χ0) is 18.4. The molecule has 0 aliphatic rings. The Morgan fingerprint density at radius 3 is 2.68 bits per heavy atom. The van der Waals surface area contributed by atoms with E-state index in [0.29, 0.717) is 11.3 Å². The third-order valence-corrected chi connectivity index (χ3v) is 4.52. The molecule has 130 valence electrons. The minimum Gasteiger partial charge on any atom is -0.479 e. The molecule has 25 heavy (non-hydrogen) atoms. The van der Waals surface area contributed by atoms with Crippen LogP contribution in [0.25, 0.3) is 10.9 Å². The molecule has 0 fully saturated rings. The molecule has 3 N–H and O–H groups in total. The van der Waals surface area contributed by atoms with Crippen LogP contribution in [0.3, 0.4) is 0 Å². The smallest absolute Gasteiger partial charge is 0.331 e. The van der Waals surface area contributed by atoms with Crippen molar-refractivity contribution in [1.29, 1.82) is 0 Å². The summed E-state index contributed by atoms with van der Waals surface area (Å²) >= 11 is 0. The molecule has 3 rings (SSSR count). The van der Waals surface area contributed by atoms with Crippen molar-refractivity contribution in [1.82, 2.24) is 14.8 Å². The van der Waals surface area contributed by atoms with Gasteiger partial charge >= 0.3 is 5.97 Å². The van der Waals surface area contributed by atoms with E-state index in [4.69, 9.17) is 0 Å². The van der Waals surface area contributed by atoms with E-state index in [9.17, 15) is 14.7 Å². The van der Waals surface area contributed by atoms with Gasteiger partial charge in [-0.2, -0.15) is 5.10 Å². The summed E-state index contributed by atoms with van der Waals surface area (Å²) in [6, 6.07) is 5.56. The number of fused-ring (bicyclic) bond motifs is 1. The number of hydrogen-bond donors (Lipinski definition) is 3. The van der Waals surface area contributed by atoms with Gasteiger partial charge in [-0.3, -0.25) is 9.48 Å². The maximum Gasteiger partial charge on any atom is 0.331 e. The molecule has 1 aromatic carbocycles. The predicted molar refractivity (Wildman–Crippen MR) is 94.9 cm³/mol. The van der Waals surface area contributed by atoms with E-state index < -0.39 is 11.5 Å². The number of nitrogens with zero attached hydrogens (tertiary/aromatic N) is 2. The Hall–Kier alpha value is -3.09. The number of carbonyl (C=O) groups excluding carboxylic acids is 1. The number of amides is 1. The summed E-state index contributed by atoms with van der Waals surface area (Å²) in [5.41, 5.74) is 2.69. The van der Waals surface area contributed by atoms with Gasteiger partial charge in [-0.1, -0.05) is 12.1 Å². The summed E-state index contributed by atoms with van der Waals surface area (Å²) in [5, 5.41) is 17.1. The standard InChI is InChI=1S/C18H20N4O3/c1-10-11(2)20-15-13(10)6-5-7-14(15)16(23)21-12-8-19-22(9-12)18(3,4)17(24)25/h5-9,20H,1-4H3,(H,21,23)(H,24,25). The normalized spacial score (nSPS) is 11.7. The number of nitrogens with one attached hydrogen (secondary N) is 2. The number of carbonyl (C=O) groups is 2. The molecule has 3 aromatic rings. The number of H-pyrrole nitrogens is 1. The largest absolute Gasteiger partial charge is 0.479 e. The molecule has 0 unspecified atom stereocenters. The highest BCUT2D eigenvalue weighted by Gasteiger charge is 2.30. The van der Waals surface area contributed by atoms with Crippen molar-refractivity contribution in [2.75, 3.05) is 5.32 Å². The second kappa shape index (κ2) is 5.77. The van der Waals surface area contributed by atoms with E-state index in [-0.39, 0.29) is 5.91 Å². The summed E-state index contributed by atoms with van der Waals surface area (Å²) in [4.78, 5) is 27.2. The lowest BCUT2D eigenvalue weighted by Gasteiger charge is -2.19. The average molecular weight is 340 g/mol. The van der Waals surface area contributed by atoms with Gasteiger partial charge in [-0.15, -0.1) is 0 Å². The third-order valence-electron chi connectivity index (χ3n) is 4.52. The lowest BCUT2D eigenvalue weighted by molar-refractivity contribution is -0.146. The van der Waals surface area contributed by atoms with Crippen LogP contribution in [-0.2, 0) is 10.3 Å². The number of carboxylic acids is 1. The molecule has 7 heteroatoms. The highest BCUT2D eigenvalue weighted by Crippen LogP contribution is 2.25. The fourth-order valence-corrected chi connectivity index (χ4v) is 2.66. The molecule has 0 atom stereocenters. The van der Waals surface area contributed by atoms with Crippen molar-refractivity contribution >= 4 is 28.5 Å². The molecule has 1 amide bonds. The average Bonchev–Trinajstić information content (AvgIpc) is 3.13. The van der Waals surface area contributed by atoms with E-state index in [1.807, 2.05) is 26.0 Å². The van der Waals surface area contributed by atoms with Crippen molar-refractivity contribution in [3.05, 3.63) is 47.4 Å². The molecule has 0 aliphatic carbocycles. The van der Waals surface area contributed by atoms with Crippen molar-refractivity contribution in [2.24, 2.45) is 0 Å². The first kappa shape index (κ1) is 16.8. The minimum atomic E-state index is -1.20. The van der Waals surface area contributed by atoms with Gasteiger partial charge in [0.25, 0.3) is 5.91 Å². The quantitative estimate of drug-likeness (QED) is 0.679. The highest BCUT2D eigenvalue weighted by molar-refractivity contribution is 6.12. The van der Waals surface area contributed by atoms with E-state index in [2.05, 4.69) is 15.4 Å². The number of carboxylic acid groups (broad SMARTS) is 1. The summed E-state index contributed by atoms with van der Waals surface area (Å²) in [5.74, 6) is -1.28. The van der Waals surface area contributed by atoms with E-state index in [1.165, 1.54) is 17.1 Å². The number of aryl methyl sites for hydroxylation is 2. The van der Waals surface area contributed by atoms with Gasteiger partial charge in [0.05, 0.1) is 23.0 Å². The Bertz CT molecular complexity index is 982. The fourth-order valence-electron chi connectivity index (χ4n) is 2.66. The Morgan fingerprint density at radius 2 is 2.00 bits per heavy atom. The van der Waals surface area contributed by atoms with Crippen LogP contribution in [0.4, 0.5) is 5.69 Å². The number of para-hydroxylation sites is 1. The van der Waals surface area contributed by atoms with Gasteiger partial charge in [-0.05, 0) is 39.3 Å². The molecule has 0 spiro atoms. The van der Waals surface area contributed by atoms with Crippen molar-refractivity contribution < 1.29 is 14.7 Å². The van der Waals surface area contributed by atoms with Gasteiger partial charge in [-0.25, -0.2) is 4.79 Å². The monoisotopic (exact) mass is 340 g/mol. The molecule has 0 aliphatic heterocycles. The Kier molecular flexibility index (Phi) is 3.87. The van der Waals surface area contributed by atoms with Crippen molar-refractivity contribution in [3.8, 4) is 0 Å². The second-order valence-corrected chi connectivity index (χ2v) is 6.60. The number of benzene rings is 1. The first-order chi connectivity index (χ1) is 11.7. The lowest BCUT2D eigenvalue weighted by atomic mass is 10.1. The number of hydrogen-bond acceptors (Lipinski definition) is 3. The molecule has 2 aromatic heterocycles. The molecule has 0 radical (unpaired) electrons. The topological polar surface area (TPSA) is 100 Å². The first-order valence-electron chi connectivity index (χ1n) is 7.89. The van der Waals surface area contributed by atoms with Crippen LogP contribution in [0, 0.1) is 13.8 Å². The number of anilines is 1. The maximum atomic E-state index is 12.7. The van der Waals surface area contributed by atoms with Crippen LogP contribution in [-0.4, -0.2) is 31.7 Å². The van der Waals surface area contributed by atoms with Gasteiger partial charge in [0.15, 0.2) is 5.54 Å². The molecule has 7 nitrogen and oxygen atoms in total. The zero-order valence-electron chi connectivity index (χ0n) is 14.5. The van der Waals surface area contributed by atoms with Gasteiger partial charge < -0.3 is 15.4 Å². The van der Waals surface area contributed by atoms with Crippen LogP contribution in [0.5, 0.6) is 0 Å². The molecule has 2 heterocycles.